The molecule has 1 aromatic rings. The Kier molecular flexibility index (Phi) is 3.40. The van der Waals surface area contributed by atoms with Crippen molar-refractivity contribution in [3.63, 3.8) is 0 Å². The molecule has 0 saturated carbocycles. The molecule has 0 unspecified atom stereocenters. The highest BCUT2D eigenvalue weighted by Crippen LogP contribution is 2.16. The number of carbonyl (C=O) groups is 1. The summed E-state index contributed by atoms with van der Waals surface area (Å²) in [5.74, 6) is -0.800. The number of carboxylic acids is 1. The third kappa shape index (κ3) is 2.66. The quantitative estimate of drug-likeness (QED) is 0.744. The monoisotopic (exact) mass is 215 g/mol. The molecule has 0 amide bonds. The van der Waals surface area contributed by atoms with Crippen molar-refractivity contribution in [1.82, 2.24) is 9.66 Å². The second-order valence-electron chi connectivity index (χ2n) is 3.04. The second-order valence-corrected chi connectivity index (χ2v) is 3.98. The van der Waals surface area contributed by atoms with Crippen LogP contribution in [0, 0.1) is 6.92 Å². The molecule has 0 aliphatic heterocycles. The average molecular weight is 215 g/mol. The SMILES string of the molecule is Cc1cn(N(C)C)c(SCC(=O)O)n1. The van der Waals surface area contributed by atoms with Gasteiger partial charge in [-0.05, 0) is 6.92 Å². The molecule has 0 spiro atoms. The standard InChI is InChI=1S/C8H13N3O2S/c1-6-4-11(10(2)3)8(9-6)14-5-7(12)13/h4H,5H2,1-3H3,(H,12,13). The van der Waals surface area contributed by atoms with Crippen LogP contribution in [0.15, 0.2) is 11.4 Å². The lowest BCUT2D eigenvalue weighted by molar-refractivity contribution is -0.133. The predicted molar refractivity (Wildman–Crippen MR) is 55.4 cm³/mol. The number of aliphatic carboxylic acids is 1. The maximum Gasteiger partial charge on any atom is 0.313 e. The van der Waals surface area contributed by atoms with Crippen LogP contribution >= 0.6 is 11.8 Å². The number of aromatic nitrogens is 2. The summed E-state index contributed by atoms with van der Waals surface area (Å²) in [4.78, 5) is 14.6. The van der Waals surface area contributed by atoms with E-state index < -0.39 is 5.97 Å². The van der Waals surface area contributed by atoms with Crippen LogP contribution in [0.1, 0.15) is 5.69 Å². The summed E-state index contributed by atoms with van der Waals surface area (Å²) in [5, 5.41) is 11.1. The number of nitrogens with zero attached hydrogens (tertiary/aromatic N) is 3. The molecule has 1 N–H and O–H groups in total. The van der Waals surface area contributed by atoms with E-state index in [1.807, 2.05) is 36.9 Å². The Morgan fingerprint density at radius 2 is 2.36 bits per heavy atom. The lowest BCUT2D eigenvalue weighted by Crippen LogP contribution is -2.24. The molecule has 0 radical (unpaired) electrons. The van der Waals surface area contributed by atoms with Crippen molar-refractivity contribution in [3.8, 4) is 0 Å². The van der Waals surface area contributed by atoms with E-state index in [0.717, 1.165) is 5.69 Å². The van der Waals surface area contributed by atoms with Crippen molar-refractivity contribution >= 4 is 17.7 Å². The smallest absolute Gasteiger partial charge is 0.313 e. The molecule has 1 heterocycles. The fourth-order valence-corrected chi connectivity index (χ4v) is 1.78. The van der Waals surface area contributed by atoms with Crippen molar-refractivity contribution in [3.05, 3.63) is 11.9 Å². The normalized spacial score (nSPS) is 10.2. The highest BCUT2D eigenvalue weighted by atomic mass is 32.2. The first-order valence-corrected chi connectivity index (χ1v) is 5.07. The number of hydrogen-bond donors (Lipinski definition) is 1. The molecule has 1 aromatic heterocycles. The third-order valence-corrected chi connectivity index (χ3v) is 2.46. The summed E-state index contributed by atoms with van der Waals surface area (Å²) in [5.41, 5.74) is 0.881. The van der Waals surface area contributed by atoms with Gasteiger partial charge in [-0.2, -0.15) is 0 Å². The van der Waals surface area contributed by atoms with Gasteiger partial charge in [0, 0.05) is 14.1 Å². The number of thioether (sulfide) groups is 1. The van der Waals surface area contributed by atoms with Crippen LogP contribution in [0.3, 0.4) is 0 Å². The van der Waals surface area contributed by atoms with Crippen molar-refractivity contribution in [1.29, 1.82) is 0 Å². The summed E-state index contributed by atoms with van der Waals surface area (Å²) >= 11 is 1.21. The van der Waals surface area contributed by atoms with Gasteiger partial charge in [0.1, 0.15) is 0 Å². The minimum Gasteiger partial charge on any atom is -0.481 e. The molecule has 6 heteroatoms. The van der Waals surface area contributed by atoms with Crippen LogP contribution in [0.2, 0.25) is 0 Å². The maximum absolute atomic E-state index is 10.4. The van der Waals surface area contributed by atoms with E-state index in [1.54, 1.807) is 0 Å². The maximum atomic E-state index is 10.4. The Morgan fingerprint density at radius 3 is 2.86 bits per heavy atom. The minimum absolute atomic E-state index is 0.0320. The Morgan fingerprint density at radius 1 is 1.71 bits per heavy atom. The minimum atomic E-state index is -0.832. The van der Waals surface area contributed by atoms with Gasteiger partial charge >= 0.3 is 5.97 Å². The molecule has 5 nitrogen and oxygen atoms in total. The van der Waals surface area contributed by atoms with Crippen molar-refractivity contribution in [2.75, 3.05) is 24.9 Å². The van der Waals surface area contributed by atoms with Gasteiger partial charge < -0.3 is 10.1 Å². The number of aryl methyl sites for hydroxylation is 1. The van der Waals surface area contributed by atoms with Crippen molar-refractivity contribution in [2.45, 2.75) is 12.1 Å². The Bertz CT molecular complexity index is 335. The highest BCUT2D eigenvalue weighted by molar-refractivity contribution is 7.99. The molecule has 0 bridgehead atoms. The Labute approximate surface area is 86.7 Å². The van der Waals surface area contributed by atoms with Gasteiger partial charge in [0.15, 0.2) is 5.16 Å². The van der Waals surface area contributed by atoms with Gasteiger partial charge in [-0.15, -0.1) is 0 Å². The van der Waals surface area contributed by atoms with E-state index in [0.29, 0.717) is 5.16 Å². The van der Waals surface area contributed by atoms with Crippen LogP contribution in [-0.4, -0.2) is 40.6 Å². The molecule has 1 rings (SSSR count). The second kappa shape index (κ2) is 4.36. The zero-order chi connectivity index (χ0) is 10.7. The zero-order valence-corrected chi connectivity index (χ0v) is 9.21. The number of rotatable bonds is 4. The fraction of sp³-hybridized carbons (Fsp3) is 0.500. The predicted octanol–water partition coefficient (Wildman–Crippen LogP) is 0.566. The van der Waals surface area contributed by atoms with E-state index in [1.165, 1.54) is 11.8 Å². The summed E-state index contributed by atoms with van der Waals surface area (Å²) in [7, 11) is 3.76. The molecule has 0 fully saturated rings. The zero-order valence-electron chi connectivity index (χ0n) is 8.39. The van der Waals surface area contributed by atoms with E-state index >= 15 is 0 Å². The van der Waals surface area contributed by atoms with E-state index in [9.17, 15) is 4.79 Å². The summed E-state index contributed by atoms with van der Waals surface area (Å²) < 4.78 is 1.82. The highest BCUT2D eigenvalue weighted by Gasteiger charge is 2.09. The van der Waals surface area contributed by atoms with Gasteiger partial charge in [-0.3, -0.25) is 4.79 Å². The summed E-state index contributed by atoms with van der Waals surface area (Å²) in [6.07, 6.45) is 1.87. The van der Waals surface area contributed by atoms with E-state index in [2.05, 4.69) is 4.98 Å². The molecule has 0 aliphatic carbocycles. The first kappa shape index (κ1) is 10.9. The largest absolute Gasteiger partial charge is 0.481 e. The lowest BCUT2D eigenvalue weighted by atomic mass is 10.6. The molecule has 0 aromatic carbocycles. The molecule has 0 saturated heterocycles. The van der Waals surface area contributed by atoms with Crippen LogP contribution < -0.4 is 5.01 Å². The molecule has 0 aliphatic rings. The topological polar surface area (TPSA) is 58.4 Å². The third-order valence-electron chi connectivity index (χ3n) is 1.53. The van der Waals surface area contributed by atoms with Gasteiger partial charge in [0.05, 0.1) is 17.6 Å². The average Bonchev–Trinajstić information content (AvgIpc) is 2.43. The van der Waals surface area contributed by atoms with Crippen LogP contribution in [0.25, 0.3) is 0 Å². The molecule has 78 valence electrons. The summed E-state index contributed by atoms with van der Waals surface area (Å²) in [6.45, 7) is 1.88. The van der Waals surface area contributed by atoms with E-state index in [4.69, 9.17) is 5.11 Å². The molecular weight excluding hydrogens is 202 g/mol. The van der Waals surface area contributed by atoms with Gasteiger partial charge in [-0.1, -0.05) is 11.8 Å². The van der Waals surface area contributed by atoms with Crippen molar-refractivity contribution < 1.29 is 9.90 Å². The summed E-state index contributed by atoms with van der Waals surface area (Å²) in [6, 6.07) is 0. The first-order chi connectivity index (χ1) is 6.50. The first-order valence-electron chi connectivity index (χ1n) is 4.09. The number of carboxylic acid groups (broad SMARTS) is 1. The molecular formula is C8H13N3O2S. The Hall–Kier alpha value is -1.17. The van der Waals surface area contributed by atoms with Crippen LogP contribution in [0.5, 0.6) is 0 Å². The van der Waals surface area contributed by atoms with Gasteiger partial charge in [-0.25, -0.2) is 9.66 Å². The molecule has 14 heavy (non-hydrogen) atoms. The Balaban J connectivity index is 2.79. The van der Waals surface area contributed by atoms with Crippen molar-refractivity contribution in [2.24, 2.45) is 0 Å². The molecule has 0 atom stereocenters. The van der Waals surface area contributed by atoms with Gasteiger partial charge in [0.2, 0.25) is 0 Å². The lowest BCUT2D eigenvalue weighted by Gasteiger charge is -2.15. The van der Waals surface area contributed by atoms with Crippen LogP contribution in [0.4, 0.5) is 0 Å². The van der Waals surface area contributed by atoms with Gasteiger partial charge in [0.25, 0.3) is 0 Å². The fourth-order valence-electron chi connectivity index (χ4n) is 0.974. The van der Waals surface area contributed by atoms with Crippen LogP contribution in [-0.2, 0) is 4.79 Å². The number of hydrogen-bond acceptors (Lipinski definition) is 4. The van der Waals surface area contributed by atoms with E-state index in [-0.39, 0.29) is 5.75 Å². The number of imidazole rings is 1.